The number of alkyl halides is 1. The number of benzene rings is 1. The number of esters is 1. The first-order valence-corrected chi connectivity index (χ1v) is 6.53. The van der Waals surface area contributed by atoms with Crippen molar-refractivity contribution in [3.63, 3.8) is 0 Å². The van der Waals surface area contributed by atoms with E-state index in [9.17, 15) is 4.79 Å². The van der Waals surface area contributed by atoms with Gasteiger partial charge in [-0.2, -0.15) is 0 Å². The number of hydrogen-bond donors (Lipinski definition) is 0. The van der Waals surface area contributed by atoms with Gasteiger partial charge in [-0.3, -0.25) is 0 Å². The first-order chi connectivity index (χ1) is 9.13. The number of allylic oxidation sites excluding steroid dienone is 1. The summed E-state index contributed by atoms with van der Waals surface area (Å²) in [5, 5.41) is -0.497. The normalized spacial score (nSPS) is 19.6. The highest BCUT2D eigenvalue weighted by molar-refractivity contribution is 6.28. The minimum absolute atomic E-state index is 0.221. The van der Waals surface area contributed by atoms with Gasteiger partial charge in [0.25, 0.3) is 0 Å². The van der Waals surface area contributed by atoms with Gasteiger partial charge in [-0.15, -0.1) is 11.6 Å². The molecule has 1 aromatic carbocycles. The molecule has 19 heavy (non-hydrogen) atoms. The highest BCUT2D eigenvalue weighted by Gasteiger charge is 2.35. The molecule has 1 atom stereocenters. The Bertz CT molecular complexity index is 591. The van der Waals surface area contributed by atoms with E-state index in [0.29, 0.717) is 23.7 Å². The van der Waals surface area contributed by atoms with Crippen LogP contribution in [0.25, 0.3) is 5.57 Å². The van der Waals surface area contributed by atoms with Gasteiger partial charge in [0.05, 0.1) is 17.6 Å². The number of ether oxygens (including phenoxy) is 3. The third-order valence-corrected chi connectivity index (χ3v) is 3.83. The molecular weight excluding hydrogens is 268 g/mol. The Morgan fingerprint density at radius 2 is 2.11 bits per heavy atom. The van der Waals surface area contributed by atoms with Crippen LogP contribution in [0.2, 0.25) is 0 Å². The fraction of sp³-hybridized carbons (Fsp3) is 0.357. The van der Waals surface area contributed by atoms with Crippen LogP contribution in [0, 0.1) is 0 Å². The number of carbonyl (C=O) groups excluding carboxylic acids is 1. The molecule has 0 bridgehead atoms. The van der Waals surface area contributed by atoms with Crippen LogP contribution in [0.4, 0.5) is 0 Å². The van der Waals surface area contributed by atoms with Crippen LogP contribution < -0.4 is 9.47 Å². The fourth-order valence-corrected chi connectivity index (χ4v) is 2.88. The SMILES string of the molecule is CCOC(=O)C1=C(C)c2cc3c(cc2[C@@H]1Cl)OCO3. The zero-order chi connectivity index (χ0) is 13.6. The van der Waals surface area contributed by atoms with Crippen LogP contribution in [0.1, 0.15) is 30.4 Å². The maximum Gasteiger partial charge on any atom is 0.336 e. The number of rotatable bonds is 2. The molecule has 0 spiro atoms. The second kappa shape index (κ2) is 4.46. The maximum atomic E-state index is 12.0. The molecule has 0 N–H and O–H groups in total. The summed E-state index contributed by atoms with van der Waals surface area (Å²) in [5.41, 5.74) is 3.13. The quantitative estimate of drug-likeness (QED) is 0.617. The molecule has 0 saturated carbocycles. The Morgan fingerprint density at radius 1 is 1.42 bits per heavy atom. The molecule has 0 saturated heterocycles. The van der Waals surface area contributed by atoms with E-state index in [0.717, 1.165) is 16.7 Å². The smallest absolute Gasteiger partial charge is 0.336 e. The molecule has 0 amide bonds. The predicted molar refractivity (Wildman–Crippen MR) is 70.4 cm³/mol. The van der Waals surface area contributed by atoms with E-state index in [1.54, 1.807) is 6.92 Å². The molecule has 0 fully saturated rings. The van der Waals surface area contributed by atoms with Crippen molar-refractivity contribution in [2.24, 2.45) is 0 Å². The first-order valence-electron chi connectivity index (χ1n) is 6.09. The monoisotopic (exact) mass is 280 g/mol. The zero-order valence-electron chi connectivity index (χ0n) is 10.7. The first kappa shape index (κ1) is 12.4. The number of fused-ring (bicyclic) bond motifs is 2. The van der Waals surface area contributed by atoms with E-state index in [1.807, 2.05) is 19.1 Å². The van der Waals surface area contributed by atoms with Crippen LogP contribution in [0.3, 0.4) is 0 Å². The summed E-state index contributed by atoms with van der Waals surface area (Å²) >= 11 is 6.38. The van der Waals surface area contributed by atoms with Gasteiger partial charge in [0.1, 0.15) is 0 Å². The van der Waals surface area contributed by atoms with Crippen molar-refractivity contribution in [1.82, 2.24) is 0 Å². The number of halogens is 1. The van der Waals surface area contributed by atoms with Crippen molar-refractivity contribution in [3.05, 3.63) is 28.8 Å². The lowest BCUT2D eigenvalue weighted by Crippen LogP contribution is -2.10. The minimum Gasteiger partial charge on any atom is -0.463 e. The second-order valence-corrected chi connectivity index (χ2v) is 4.85. The van der Waals surface area contributed by atoms with Crippen molar-refractivity contribution in [1.29, 1.82) is 0 Å². The summed E-state index contributed by atoms with van der Waals surface area (Å²) in [5.74, 6) is 0.993. The summed E-state index contributed by atoms with van der Waals surface area (Å²) in [7, 11) is 0. The predicted octanol–water partition coefficient (Wildman–Crippen LogP) is 3.05. The van der Waals surface area contributed by atoms with E-state index in [2.05, 4.69) is 0 Å². The summed E-state index contributed by atoms with van der Waals surface area (Å²) in [6.45, 7) is 4.20. The van der Waals surface area contributed by atoms with Crippen LogP contribution in [0.15, 0.2) is 17.7 Å². The molecule has 3 rings (SSSR count). The van der Waals surface area contributed by atoms with Crippen LogP contribution >= 0.6 is 11.6 Å². The average molecular weight is 281 g/mol. The Morgan fingerprint density at radius 3 is 2.79 bits per heavy atom. The van der Waals surface area contributed by atoms with Gasteiger partial charge in [0.15, 0.2) is 11.5 Å². The van der Waals surface area contributed by atoms with Gasteiger partial charge in [-0.25, -0.2) is 4.79 Å². The van der Waals surface area contributed by atoms with Gasteiger partial charge < -0.3 is 14.2 Å². The molecule has 1 heterocycles. The van der Waals surface area contributed by atoms with E-state index >= 15 is 0 Å². The highest BCUT2D eigenvalue weighted by Crippen LogP contribution is 2.49. The lowest BCUT2D eigenvalue weighted by molar-refractivity contribution is -0.138. The molecule has 0 unspecified atom stereocenters. The molecule has 100 valence electrons. The minimum atomic E-state index is -0.497. The lowest BCUT2D eigenvalue weighted by Gasteiger charge is -2.08. The van der Waals surface area contributed by atoms with Crippen molar-refractivity contribution < 1.29 is 19.0 Å². The van der Waals surface area contributed by atoms with Crippen LogP contribution in [0.5, 0.6) is 11.5 Å². The lowest BCUT2D eigenvalue weighted by atomic mass is 10.1. The Balaban J connectivity index is 2.07. The number of hydrogen-bond acceptors (Lipinski definition) is 4. The van der Waals surface area contributed by atoms with Crippen molar-refractivity contribution in [3.8, 4) is 11.5 Å². The van der Waals surface area contributed by atoms with Gasteiger partial charge in [0.2, 0.25) is 6.79 Å². The van der Waals surface area contributed by atoms with Crippen LogP contribution in [-0.4, -0.2) is 19.4 Å². The third-order valence-electron chi connectivity index (χ3n) is 3.37. The van der Waals surface area contributed by atoms with E-state index < -0.39 is 5.38 Å². The summed E-state index contributed by atoms with van der Waals surface area (Å²) in [4.78, 5) is 12.0. The maximum absolute atomic E-state index is 12.0. The van der Waals surface area contributed by atoms with E-state index in [-0.39, 0.29) is 12.8 Å². The van der Waals surface area contributed by atoms with Gasteiger partial charge in [-0.1, -0.05) is 0 Å². The van der Waals surface area contributed by atoms with E-state index in [1.165, 1.54) is 0 Å². The Hall–Kier alpha value is -1.68. The topological polar surface area (TPSA) is 44.8 Å². The molecule has 0 radical (unpaired) electrons. The Labute approximate surface area is 115 Å². The fourth-order valence-electron chi connectivity index (χ4n) is 2.45. The molecule has 1 aliphatic carbocycles. The number of carbonyl (C=O) groups is 1. The molecule has 2 aliphatic rings. The molecular formula is C14H13ClO4. The summed E-state index contributed by atoms with van der Waals surface area (Å²) in [6.07, 6.45) is 0. The largest absolute Gasteiger partial charge is 0.463 e. The van der Waals surface area contributed by atoms with Crippen molar-refractivity contribution >= 4 is 23.1 Å². The molecule has 1 aliphatic heterocycles. The zero-order valence-corrected chi connectivity index (χ0v) is 11.4. The molecule has 4 nitrogen and oxygen atoms in total. The van der Waals surface area contributed by atoms with Crippen LogP contribution in [-0.2, 0) is 9.53 Å². The Kier molecular flexibility index (Phi) is 2.90. The van der Waals surface area contributed by atoms with Gasteiger partial charge >= 0.3 is 5.97 Å². The van der Waals surface area contributed by atoms with Gasteiger partial charge in [-0.05, 0) is 42.7 Å². The van der Waals surface area contributed by atoms with Crippen molar-refractivity contribution in [2.45, 2.75) is 19.2 Å². The van der Waals surface area contributed by atoms with E-state index in [4.69, 9.17) is 25.8 Å². The third kappa shape index (κ3) is 1.78. The second-order valence-electron chi connectivity index (χ2n) is 4.41. The average Bonchev–Trinajstić information content (AvgIpc) is 2.92. The van der Waals surface area contributed by atoms with Gasteiger partial charge in [0, 0.05) is 0 Å². The molecule has 0 aromatic heterocycles. The molecule has 5 heteroatoms. The highest BCUT2D eigenvalue weighted by atomic mass is 35.5. The van der Waals surface area contributed by atoms with Crippen molar-refractivity contribution in [2.75, 3.05) is 13.4 Å². The summed E-state index contributed by atoms with van der Waals surface area (Å²) < 4.78 is 15.7. The summed E-state index contributed by atoms with van der Waals surface area (Å²) in [6, 6.07) is 3.71. The standard InChI is InChI=1S/C14H13ClO4/c1-3-17-14(16)12-7(2)8-4-10-11(19-6-18-10)5-9(8)13(12)15/h4-5,13H,3,6H2,1-2H3/t13-/m0/s1. The molecule has 1 aromatic rings.